The number of phenols is 1. The Kier molecular flexibility index (Phi) is 4.53. The van der Waals surface area contributed by atoms with Gasteiger partial charge in [0.25, 0.3) is 11.7 Å². The lowest BCUT2D eigenvalue weighted by molar-refractivity contribution is -0.133. The molecule has 1 unspecified atom stereocenters. The second-order valence-corrected chi connectivity index (χ2v) is 5.66. The predicted octanol–water partition coefficient (Wildman–Crippen LogP) is 2.12. The molecule has 3 N–H and O–H groups in total. The lowest BCUT2D eigenvalue weighted by Crippen LogP contribution is -2.21. The number of aliphatic hydroxyl groups is 1. The van der Waals surface area contributed by atoms with E-state index in [9.17, 15) is 19.8 Å². The Balaban J connectivity index is 2.09. The molecule has 134 valence electrons. The Morgan fingerprint density at radius 1 is 1.04 bits per heavy atom. The summed E-state index contributed by atoms with van der Waals surface area (Å²) in [6.07, 6.45) is 0. The van der Waals surface area contributed by atoms with E-state index in [2.05, 4.69) is 5.32 Å². The first-order valence-corrected chi connectivity index (χ1v) is 7.76. The first-order chi connectivity index (χ1) is 12.5. The summed E-state index contributed by atoms with van der Waals surface area (Å²) >= 11 is 0. The van der Waals surface area contributed by atoms with Crippen molar-refractivity contribution in [3.63, 3.8) is 0 Å². The molecule has 3 rings (SSSR count). The van der Waals surface area contributed by atoms with Crippen molar-refractivity contribution in [2.75, 3.05) is 14.2 Å². The molecule has 2 aromatic rings. The number of hydrogen-bond donors (Lipinski definition) is 3. The summed E-state index contributed by atoms with van der Waals surface area (Å²) in [5.41, 5.74) is 0.809. The zero-order valence-corrected chi connectivity index (χ0v) is 14.1. The Bertz CT molecular complexity index is 901. The van der Waals surface area contributed by atoms with E-state index < -0.39 is 17.7 Å². The molecule has 1 aliphatic heterocycles. The van der Waals surface area contributed by atoms with E-state index in [1.807, 2.05) is 0 Å². The molecule has 1 heterocycles. The van der Waals surface area contributed by atoms with E-state index in [1.165, 1.54) is 26.4 Å². The number of benzene rings is 2. The van der Waals surface area contributed by atoms with Crippen LogP contribution < -0.4 is 14.8 Å². The van der Waals surface area contributed by atoms with Gasteiger partial charge in [-0.25, -0.2) is 0 Å². The normalized spacial score (nSPS) is 18.5. The summed E-state index contributed by atoms with van der Waals surface area (Å²) in [7, 11) is 2.91. The molecule has 1 aliphatic rings. The van der Waals surface area contributed by atoms with E-state index >= 15 is 0 Å². The van der Waals surface area contributed by atoms with Gasteiger partial charge in [-0.1, -0.05) is 6.07 Å². The fraction of sp³-hybridized carbons (Fsp3) is 0.158. The van der Waals surface area contributed by atoms with Crippen molar-refractivity contribution in [3.8, 4) is 17.2 Å². The maximum Gasteiger partial charge on any atom is 0.293 e. The Morgan fingerprint density at radius 2 is 1.73 bits per heavy atom. The number of aliphatic hydroxyl groups excluding tert-OH is 1. The molecule has 0 bridgehead atoms. The highest BCUT2D eigenvalue weighted by atomic mass is 16.5. The third-order valence-electron chi connectivity index (χ3n) is 4.17. The van der Waals surface area contributed by atoms with Crippen LogP contribution in [-0.4, -0.2) is 36.1 Å². The van der Waals surface area contributed by atoms with Gasteiger partial charge >= 0.3 is 0 Å². The monoisotopic (exact) mass is 355 g/mol. The average molecular weight is 355 g/mol. The average Bonchev–Trinajstić information content (AvgIpc) is 2.96. The van der Waals surface area contributed by atoms with Gasteiger partial charge in [0.05, 0.1) is 25.8 Å². The van der Waals surface area contributed by atoms with E-state index in [0.29, 0.717) is 16.9 Å². The van der Waals surface area contributed by atoms with Crippen LogP contribution >= 0.6 is 0 Å². The number of Topliss-reactive ketones (excluding diaryl/α,β-unsaturated/α-hetero) is 1. The van der Waals surface area contributed by atoms with Gasteiger partial charge in [-0.05, 0) is 42.0 Å². The van der Waals surface area contributed by atoms with Crippen LogP contribution in [-0.2, 0) is 9.59 Å². The Hall–Kier alpha value is -3.48. The highest BCUT2D eigenvalue weighted by molar-refractivity contribution is 6.46. The molecule has 1 amide bonds. The quantitative estimate of drug-likeness (QED) is 0.441. The van der Waals surface area contributed by atoms with Crippen molar-refractivity contribution in [3.05, 3.63) is 59.2 Å². The number of hydrogen-bond acceptors (Lipinski definition) is 6. The number of amides is 1. The maximum absolute atomic E-state index is 12.3. The molecule has 2 aromatic carbocycles. The molecule has 26 heavy (non-hydrogen) atoms. The van der Waals surface area contributed by atoms with Gasteiger partial charge < -0.3 is 25.0 Å². The van der Waals surface area contributed by atoms with Crippen LogP contribution in [0.2, 0.25) is 0 Å². The van der Waals surface area contributed by atoms with Crippen molar-refractivity contribution in [2.24, 2.45) is 0 Å². The van der Waals surface area contributed by atoms with Gasteiger partial charge in [-0.15, -0.1) is 0 Å². The molecular formula is C19H17NO6. The molecule has 7 heteroatoms. The minimum Gasteiger partial charge on any atom is -0.507 e. The number of methoxy groups -OCH3 is 2. The first-order valence-electron chi connectivity index (χ1n) is 7.76. The van der Waals surface area contributed by atoms with E-state index in [4.69, 9.17) is 9.47 Å². The van der Waals surface area contributed by atoms with Gasteiger partial charge in [0.15, 0.2) is 11.5 Å². The third-order valence-corrected chi connectivity index (χ3v) is 4.17. The number of rotatable bonds is 4. The topological polar surface area (TPSA) is 105 Å². The highest BCUT2D eigenvalue weighted by Gasteiger charge is 2.39. The van der Waals surface area contributed by atoms with Crippen LogP contribution in [0.25, 0.3) is 5.76 Å². The number of ketones is 1. The smallest absolute Gasteiger partial charge is 0.293 e. The largest absolute Gasteiger partial charge is 0.507 e. The molecule has 1 atom stereocenters. The maximum atomic E-state index is 12.3. The van der Waals surface area contributed by atoms with Crippen LogP contribution in [0.4, 0.5) is 0 Å². The van der Waals surface area contributed by atoms with E-state index in [1.54, 1.807) is 30.3 Å². The van der Waals surface area contributed by atoms with Crippen LogP contribution in [0.1, 0.15) is 17.2 Å². The zero-order chi connectivity index (χ0) is 18.8. The van der Waals surface area contributed by atoms with Crippen LogP contribution in [0.15, 0.2) is 48.0 Å². The number of phenolic OH excluding ortho intramolecular Hbond substituents is 1. The van der Waals surface area contributed by atoms with E-state index in [-0.39, 0.29) is 22.8 Å². The summed E-state index contributed by atoms with van der Waals surface area (Å²) in [6.45, 7) is 0. The standard InChI is InChI=1S/C19H17NO6/c1-25-12-6-3-10(4-7-12)17(22)15-16(20-19(24)18(15)23)11-5-8-13(21)14(9-11)26-2/h3-9,16,21-22H,1-2H3,(H,20,24)/b17-15+. The minimum atomic E-state index is -0.855. The summed E-state index contributed by atoms with van der Waals surface area (Å²) in [5.74, 6) is -1.20. The first kappa shape index (κ1) is 17.3. The summed E-state index contributed by atoms with van der Waals surface area (Å²) in [6, 6.07) is 10.0. The van der Waals surface area contributed by atoms with E-state index in [0.717, 1.165) is 0 Å². The highest BCUT2D eigenvalue weighted by Crippen LogP contribution is 2.36. The fourth-order valence-corrected chi connectivity index (χ4v) is 2.79. The van der Waals surface area contributed by atoms with Gasteiger partial charge in [-0.2, -0.15) is 0 Å². The van der Waals surface area contributed by atoms with Crippen molar-refractivity contribution in [1.29, 1.82) is 0 Å². The minimum absolute atomic E-state index is 0.0621. The molecule has 0 radical (unpaired) electrons. The number of carbonyl (C=O) groups is 2. The Labute approximate surface area is 149 Å². The molecule has 7 nitrogen and oxygen atoms in total. The molecule has 1 fully saturated rings. The summed E-state index contributed by atoms with van der Waals surface area (Å²) < 4.78 is 10.1. The Morgan fingerprint density at radius 3 is 2.35 bits per heavy atom. The number of ether oxygens (including phenoxy) is 2. The second-order valence-electron chi connectivity index (χ2n) is 5.66. The van der Waals surface area contributed by atoms with Crippen molar-refractivity contribution < 1.29 is 29.3 Å². The molecule has 1 saturated heterocycles. The lowest BCUT2D eigenvalue weighted by Gasteiger charge is -2.15. The van der Waals surface area contributed by atoms with Crippen molar-refractivity contribution in [1.82, 2.24) is 5.32 Å². The van der Waals surface area contributed by atoms with Gasteiger partial charge in [-0.3, -0.25) is 9.59 Å². The fourth-order valence-electron chi connectivity index (χ4n) is 2.79. The SMILES string of the molecule is COc1ccc(/C(O)=C2\C(=O)C(=O)NC2c2ccc(O)c(OC)c2)cc1. The summed E-state index contributed by atoms with van der Waals surface area (Å²) in [4.78, 5) is 24.2. The van der Waals surface area contributed by atoms with Crippen molar-refractivity contribution in [2.45, 2.75) is 6.04 Å². The van der Waals surface area contributed by atoms with Crippen LogP contribution in [0.5, 0.6) is 17.2 Å². The lowest BCUT2D eigenvalue weighted by atomic mass is 9.95. The molecule has 0 aliphatic carbocycles. The van der Waals surface area contributed by atoms with Gasteiger partial charge in [0.1, 0.15) is 11.5 Å². The third kappa shape index (κ3) is 2.95. The van der Waals surface area contributed by atoms with Crippen LogP contribution in [0, 0.1) is 0 Å². The molecule has 0 saturated carbocycles. The summed E-state index contributed by atoms with van der Waals surface area (Å²) in [5, 5.41) is 22.9. The zero-order valence-electron chi connectivity index (χ0n) is 14.1. The van der Waals surface area contributed by atoms with Crippen molar-refractivity contribution >= 4 is 17.4 Å². The van der Waals surface area contributed by atoms with Gasteiger partial charge in [0, 0.05) is 5.56 Å². The number of aromatic hydroxyl groups is 1. The molecule has 0 aromatic heterocycles. The molecular weight excluding hydrogens is 338 g/mol. The predicted molar refractivity (Wildman–Crippen MR) is 93.1 cm³/mol. The molecule has 0 spiro atoms. The second kappa shape index (κ2) is 6.79. The van der Waals surface area contributed by atoms with Crippen LogP contribution in [0.3, 0.4) is 0 Å². The number of carbonyl (C=O) groups excluding carboxylic acids is 2. The van der Waals surface area contributed by atoms with Gasteiger partial charge in [0.2, 0.25) is 0 Å². The number of nitrogens with one attached hydrogen (secondary N) is 1.